The Morgan fingerprint density at radius 1 is 1.08 bits per heavy atom. The molecule has 8 heteroatoms. The van der Waals surface area contributed by atoms with Crippen LogP contribution in [0.25, 0.3) is 0 Å². The zero-order valence-corrected chi connectivity index (χ0v) is 16.7. The molecule has 2 aliphatic rings. The zero-order valence-electron chi connectivity index (χ0n) is 15.1. The van der Waals surface area contributed by atoms with E-state index in [0.29, 0.717) is 24.7 Å². The minimum Gasteiger partial charge on any atom is -0.339 e. The lowest BCUT2D eigenvalue weighted by Crippen LogP contribution is -2.54. The predicted octanol–water partition coefficient (Wildman–Crippen LogP) is 2.49. The summed E-state index contributed by atoms with van der Waals surface area (Å²) < 4.78 is 28.7. The van der Waals surface area contributed by atoms with Gasteiger partial charge in [0, 0.05) is 37.2 Å². The predicted molar refractivity (Wildman–Crippen MR) is 102 cm³/mol. The van der Waals surface area contributed by atoms with Gasteiger partial charge in [0.15, 0.2) is 0 Å². The van der Waals surface area contributed by atoms with Gasteiger partial charge in [0.2, 0.25) is 5.91 Å². The fourth-order valence-electron chi connectivity index (χ4n) is 3.64. The van der Waals surface area contributed by atoms with Gasteiger partial charge in [-0.05, 0) is 50.3 Å². The molecule has 6 nitrogen and oxygen atoms in total. The Hall–Kier alpha value is -1.15. The SMILES string of the molecule is CC1CCCCN1C(=O)CN1CCCN(Cc2ccc(Cl)cc2)S1(=O)=O. The Kier molecular flexibility index (Phi) is 6.22. The molecule has 1 atom stereocenters. The second-order valence-electron chi connectivity index (χ2n) is 7.09. The summed E-state index contributed by atoms with van der Waals surface area (Å²) in [6.07, 6.45) is 3.82. The van der Waals surface area contributed by atoms with Crippen LogP contribution < -0.4 is 0 Å². The molecule has 1 aromatic carbocycles. The number of piperidine rings is 1. The third kappa shape index (κ3) is 4.39. The number of carbonyl (C=O) groups excluding carboxylic acids is 1. The second-order valence-corrected chi connectivity index (χ2v) is 9.45. The van der Waals surface area contributed by atoms with Crippen LogP contribution in [0.2, 0.25) is 5.02 Å². The van der Waals surface area contributed by atoms with Crippen molar-refractivity contribution < 1.29 is 13.2 Å². The molecular formula is C18H26ClN3O3S. The van der Waals surface area contributed by atoms with E-state index in [1.54, 1.807) is 12.1 Å². The maximum Gasteiger partial charge on any atom is 0.282 e. The van der Waals surface area contributed by atoms with Crippen LogP contribution in [0.1, 0.15) is 38.2 Å². The molecule has 2 saturated heterocycles. The first kappa shape index (κ1) is 19.6. The summed E-state index contributed by atoms with van der Waals surface area (Å²) in [4.78, 5) is 14.5. The lowest BCUT2D eigenvalue weighted by Gasteiger charge is -2.38. The van der Waals surface area contributed by atoms with Crippen LogP contribution in [0.4, 0.5) is 0 Å². The smallest absolute Gasteiger partial charge is 0.282 e. The first-order chi connectivity index (χ1) is 12.4. The van der Waals surface area contributed by atoms with Gasteiger partial charge in [0.25, 0.3) is 10.2 Å². The van der Waals surface area contributed by atoms with Crippen molar-refractivity contribution in [1.82, 2.24) is 13.5 Å². The molecule has 0 bridgehead atoms. The number of hydrogen-bond donors (Lipinski definition) is 0. The lowest BCUT2D eigenvalue weighted by atomic mass is 10.0. The highest BCUT2D eigenvalue weighted by Crippen LogP contribution is 2.22. The van der Waals surface area contributed by atoms with E-state index in [0.717, 1.165) is 37.8 Å². The summed E-state index contributed by atoms with van der Waals surface area (Å²) in [6.45, 7) is 3.86. The molecular weight excluding hydrogens is 374 g/mol. The van der Waals surface area contributed by atoms with Crippen molar-refractivity contribution >= 4 is 27.7 Å². The molecule has 26 heavy (non-hydrogen) atoms. The third-order valence-corrected chi connectivity index (χ3v) is 7.36. The summed E-state index contributed by atoms with van der Waals surface area (Å²) in [5, 5.41) is 0.623. The summed E-state index contributed by atoms with van der Waals surface area (Å²) in [7, 11) is -3.64. The molecule has 1 amide bonds. The van der Waals surface area contributed by atoms with Gasteiger partial charge in [-0.2, -0.15) is 17.0 Å². The van der Waals surface area contributed by atoms with E-state index in [4.69, 9.17) is 11.6 Å². The quantitative estimate of drug-likeness (QED) is 0.781. The molecule has 0 aromatic heterocycles. The Morgan fingerprint density at radius 3 is 2.46 bits per heavy atom. The van der Waals surface area contributed by atoms with Crippen molar-refractivity contribution in [1.29, 1.82) is 0 Å². The van der Waals surface area contributed by atoms with E-state index in [1.807, 2.05) is 24.0 Å². The maximum absolute atomic E-state index is 12.9. The molecule has 1 aromatic rings. The molecule has 0 saturated carbocycles. The highest BCUT2D eigenvalue weighted by Gasteiger charge is 2.36. The standard InChI is InChI=1S/C18H26ClN3O3S/c1-15-5-2-3-12-22(15)18(23)14-21-11-4-10-20(26(21,24)25)13-16-6-8-17(19)9-7-16/h6-9,15H,2-5,10-14H2,1H3. The Bertz CT molecular complexity index is 739. The fraction of sp³-hybridized carbons (Fsp3) is 0.611. The largest absolute Gasteiger partial charge is 0.339 e. The van der Waals surface area contributed by atoms with Gasteiger partial charge in [0.05, 0.1) is 6.54 Å². The molecule has 1 unspecified atom stereocenters. The highest BCUT2D eigenvalue weighted by atomic mass is 35.5. The number of likely N-dealkylation sites (tertiary alicyclic amines) is 1. The van der Waals surface area contributed by atoms with Crippen LogP contribution in [-0.2, 0) is 21.5 Å². The van der Waals surface area contributed by atoms with E-state index >= 15 is 0 Å². The maximum atomic E-state index is 12.9. The van der Waals surface area contributed by atoms with Crippen molar-refractivity contribution in [3.63, 3.8) is 0 Å². The topological polar surface area (TPSA) is 60.9 Å². The van der Waals surface area contributed by atoms with E-state index < -0.39 is 10.2 Å². The average molecular weight is 400 g/mol. The Balaban J connectivity index is 1.68. The van der Waals surface area contributed by atoms with Crippen molar-refractivity contribution in [2.45, 2.75) is 45.2 Å². The second kappa shape index (κ2) is 8.25. The first-order valence-electron chi connectivity index (χ1n) is 9.17. The summed E-state index contributed by atoms with van der Waals surface area (Å²) in [5.74, 6) is -0.0888. The Morgan fingerprint density at radius 2 is 1.77 bits per heavy atom. The van der Waals surface area contributed by atoms with E-state index in [-0.39, 0.29) is 18.5 Å². The molecule has 0 radical (unpaired) electrons. The van der Waals surface area contributed by atoms with E-state index in [1.165, 1.54) is 8.61 Å². The number of nitrogens with zero attached hydrogens (tertiary/aromatic N) is 3. The van der Waals surface area contributed by atoms with Crippen LogP contribution in [0.3, 0.4) is 0 Å². The molecule has 2 fully saturated rings. The summed E-state index contributed by atoms with van der Waals surface area (Å²) in [6, 6.07) is 7.36. The monoisotopic (exact) mass is 399 g/mol. The summed E-state index contributed by atoms with van der Waals surface area (Å²) >= 11 is 5.89. The van der Waals surface area contributed by atoms with Crippen LogP contribution in [0.15, 0.2) is 24.3 Å². The number of halogens is 1. The van der Waals surface area contributed by atoms with Crippen molar-refractivity contribution in [2.75, 3.05) is 26.2 Å². The molecule has 3 rings (SSSR count). The van der Waals surface area contributed by atoms with Crippen LogP contribution in [-0.4, -0.2) is 60.1 Å². The van der Waals surface area contributed by atoms with Crippen molar-refractivity contribution in [3.05, 3.63) is 34.9 Å². The van der Waals surface area contributed by atoms with Crippen LogP contribution in [0.5, 0.6) is 0 Å². The molecule has 0 aliphatic carbocycles. The highest BCUT2D eigenvalue weighted by molar-refractivity contribution is 7.86. The van der Waals surface area contributed by atoms with Crippen molar-refractivity contribution in [2.24, 2.45) is 0 Å². The van der Waals surface area contributed by atoms with E-state index in [2.05, 4.69) is 0 Å². The minimum absolute atomic E-state index is 0.0657. The van der Waals surface area contributed by atoms with E-state index in [9.17, 15) is 13.2 Å². The van der Waals surface area contributed by atoms with Gasteiger partial charge in [0.1, 0.15) is 0 Å². The van der Waals surface area contributed by atoms with Gasteiger partial charge in [-0.1, -0.05) is 23.7 Å². The molecule has 144 valence electrons. The first-order valence-corrected chi connectivity index (χ1v) is 10.9. The number of benzene rings is 1. The molecule has 2 heterocycles. The van der Waals surface area contributed by atoms with Crippen LogP contribution >= 0.6 is 11.6 Å². The third-order valence-electron chi connectivity index (χ3n) is 5.17. The minimum atomic E-state index is -3.64. The van der Waals surface area contributed by atoms with Gasteiger partial charge >= 0.3 is 0 Å². The fourth-order valence-corrected chi connectivity index (χ4v) is 5.40. The van der Waals surface area contributed by atoms with Gasteiger partial charge < -0.3 is 4.90 Å². The molecule has 2 aliphatic heterocycles. The number of rotatable bonds is 4. The van der Waals surface area contributed by atoms with Crippen LogP contribution in [0, 0.1) is 0 Å². The molecule has 0 N–H and O–H groups in total. The zero-order chi connectivity index (χ0) is 18.7. The Labute approximate surface area is 160 Å². The molecule has 0 spiro atoms. The van der Waals surface area contributed by atoms with Crippen molar-refractivity contribution in [3.8, 4) is 0 Å². The average Bonchev–Trinajstić information content (AvgIpc) is 2.60. The van der Waals surface area contributed by atoms with Gasteiger partial charge in [-0.3, -0.25) is 4.79 Å². The number of amides is 1. The summed E-state index contributed by atoms with van der Waals surface area (Å²) in [5.41, 5.74) is 0.885. The van der Waals surface area contributed by atoms with Gasteiger partial charge in [-0.15, -0.1) is 0 Å². The van der Waals surface area contributed by atoms with Gasteiger partial charge in [-0.25, -0.2) is 0 Å². The normalized spacial score (nSPS) is 24.5. The number of carbonyl (C=O) groups is 1. The number of hydrogen-bond acceptors (Lipinski definition) is 3. The lowest BCUT2D eigenvalue weighted by molar-refractivity contribution is -0.134.